The maximum atomic E-state index is 12.2. The Hall–Kier alpha value is -2.06. The van der Waals surface area contributed by atoms with Crippen LogP contribution in [0, 0.1) is 0 Å². The van der Waals surface area contributed by atoms with Gasteiger partial charge in [-0.15, -0.1) is 5.10 Å². The molecule has 0 aliphatic heterocycles. The molecule has 8 heteroatoms. The van der Waals surface area contributed by atoms with Crippen molar-refractivity contribution in [3.8, 4) is 5.69 Å². The van der Waals surface area contributed by atoms with Gasteiger partial charge in [-0.2, -0.15) is 4.68 Å². The molecule has 116 valence electrons. The second-order valence-electron chi connectivity index (χ2n) is 4.65. The van der Waals surface area contributed by atoms with Crippen molar-refractivity contribution in [1.29, 1.82) is 0 Å². The van der Waals surface area contributed by atoms with E-state index in [0.717, 1.165) is 14.6 Å². The lowest BCUT2D eigenvalue weighted by atomic mass is 10.2. The van der Waals surface area contributed by atoms with Gasteiger partial charge in [-0.05, 0) is 56.7 Å². The van der Waals surface area contributed by atoms with E-state index in [9.17, 15) is 4.79 Å². The number of aromatic nitrogens is 4. The van der Waals surface area contributed by atoms with Crippen LogP contribution in [0.1, 0.15) is 16.2 Å². The second kappa shape index (κ2) is 7.01. The van der Waals surface area contributed by atoms with Crippen LogP contribution in [0.3, 0.4) is 0 Å². The summed E-state index contributed by atoms with van der Waals surface area (Å²) >= 11 is 6.78. The van der Waals surface area contributed by atoms with Crippen LogP contribution >= 0.6 is 31.9 Å². The number of rotatable bonds is 4. The van der Waals surface area contributed by atoms with Crippen molar-refractivity contribution in [1.82, 2.24) is 25.5 Å². The number of halogens is 2. The number of hydrogen-bond donors (Lipinski definition) is 1. The van der Waals surface area contributed by atoms with Crippen molar-refractivity contribution >= 4 is 37.8 Å². The summed E-state index contributed by atoms with van der Waals surface area (Å²) < 4.78 is 3.25. The molecule has 0 radical (unpaired) electrons. The predicted octanol–water partition coefficient (Wildman–Crippen LogP) is 3.12. The molecule has 0 fully saturated rings. The molecule has 0 atom stereocenters. The zero-order valence-electron chi connectivity index (χ0n) is 11.8. The summed E-state index contributed by atoms with van der Waals surface area (Å²) in [5.41, 5.74) is 1.38. The van der Waals surface area contributed by atoms with Gasteiger partial charge in [0.2, 0.25) is 0 Å². The Kier molecular flexibility index (Phi) is 4.82. The summed E-state index contributed by atoms with van der Waals surface area (Å²) in [6.45, 7) is 0.222. The van der Waals surface area contributed by atoms with Crippen molar-refractivity contribution in [3.63, 3.8) is 0 Å². The average molecular weight is 437 g/mol. The zero-order chi connectivity index (χ0) is 16.2. The number of carbonyl (C=O) groups is 1. The van der Waals surface area contributed by atoms with Gasteiger partial charge < -0.3 is 5.32 Å². The molecule has 3 aromatic rings. The molecule has 0 spiro atoms. The summed E-state index contributed by atoms with van der Waals surface area (Å²) in [5, 5.41) is 14.4. The molecule has 0 aliphatic rings. The van der Waals surface area contributed by atoms with E-state index >= 15 is 0 Å². The van der Waals surface area contributed by atoms with Crippen molar-refractivity contribution in [3.05, 3.63) is 68.9 Å². The average Bonchev–Trinajstić information content (AvgIpc) is 3.01. The highest BCUT2D eigenvalue weighted by Crippen LogP contribution is 2.17. The Bertz CT molecular complexity index is 849. The molecule has 6 nitrogen and oxygen atoms in total. The van der Waals surface area contributed by atoms with Gasteiger partial charge in [0, 0.05) is 8.95 Å². The van der Waals surface area contributed by atoms with Gasteiger partial charge in [0.15, 0.2) is 5.82 Å². The van der Waals surface area contributed by atoms with Gasteiger partial charge in [-0.1, -0.05) is 34.1 Å². The molecule has 3 rings (SSSR count). The Labute approximate surface area is 149 Å². The van der Waals surface area contributed by atoms with Crippen LogP contribution in [0.5, 0.6) is 0 Å². The highest BCUT2D eigenvalue weighted by Gasteiger charge is 2.12. The smallest absolute Gasteiger partial charge is 0.252 e. The highest BCUT2D eigenvalue weighted by molar-refractivity contribution is 9.10. The third-order valence-corrected chi connectivity index (χ3v) is 4.30. The fourth-order valence-corrected chi connectivity index (χ4v) is 2.88. The molecule has 2 aromatic carbocycles. The maximum absolute atomic E-state index is 12.2. The van der Waals surface area contributed by atoms with Crippen LogP contribution in [0.4, 0.5) is 0 Å². The van der Waals surface area contributed by atoms with Gasteiger partial charge in [0.1, 0.15) is 0 Å². The first-order chi connectivity index (χ1) is 11.1. The minimum Gasteiger partial charge on any atom is -0.345 e. The van der Waals surface area contributed by atoms with E-state index in [1.807, 2.05) is 42.5 Å². The Morgan fingerprint density at radius 3 is 2.74 bits per heavy atom. The predicted molar refractivity (Wildman–Crippen MR) is 92.2 cm³/mol. The minimum absolute atomic E-state index is 0.193. The first-order valence-electron chi connectivity index (χ1n) is 6.71. The third-order valence-electron chi connectivity index (χ3n) is 3.11. The van der Waals surface area contributed by atoms with Crippen molar-refractivity contribution in [2.45, 2.75) is 6.54 Å². The number of nitrogens with one attached hydrogen (secondary N) is 1. The first kappa shape index (κ1) is 15.8. The van der Waals surface area contributed by atoms with Gasteiger partial charge >= 0.3 is 0 Å². The summed E-state index contributed by atoms with van der Waals surface area (Å²) in [6, 6.07) is 14.8. The number of tetrazole rings is 1. The summed E-state index contributed by atoms with van der Waals surface area (Å²) in [5.74, 6) is 0.352. The summed E-state index contributed by atoms with van der Waals surface area (Å²) in [6.07, 6.45) is 0. The molecule has 0 bridgehead atoms. The van der Waals surface area contributed by atoms with Crippen molar-refractivity contribution in [2.75, 3.05) is 0 Å². The minimum atomic E-state index is -0.193. The van der Waals surface area contributed by atoms with Crippen LogP contribution in [-0.2, 0) is 6.54 Å². The molecule has 1 aromatic heterocycles. The van der Waals surface area contributed by atoms with Crippen LogP contribution in [-0.4, -0.2) is 26.1 Å². The SMILES string of the molecule is O=C(NCc1nnnn1-c1cccc(Br)c1)c1ccccc1Br. The Morgan fingerprint density at radius 1 is 1.13 bits per heavy atom. The van der Waals surface area contributed by atoms with Gasteiger partial charge in [0.05, 0.1) is 17.8 Å². The zero-order valence-corrected chi connectivity index (χ0v) is 15.0. The maximum Gasteiger partial charge on any atom is 0.252 e. The standard InChI is InChI=1S/C15H11Br2N5O/c16-10-4-3-5-11(8-10)22-14(19-20-21-22)9-18-15(23)12-6-1-2-7-13(12)17/h1-8H,9H2,(H,18,23). The number of carbonyl (C=O) groups excluding carboxylic acids is 1. The molecule has 0 saturated heterocycles. The van der Waals surface area contributed by atoms with E-state index < -0.39 is 0 Å². The van der Waals surface area contributed by atoms with E-state index in [2.05, 4.69) is 52.7 Å². The second-order valence-corrected chi connectivity index (χ2v) is 6.42. The number of hydrogen-bond acceptors (Lipinski definition) is 4. The van der Waals surface area contributed by atoms with Crippen molar-refractivity contribution < 1.29 is 4.79 Å². The Morgan fingerprint density at radius 2 is 1.96 bits per heavy atom. The van der Waals surface area contributed by atoms with E-state index in [-0.39, 0.29) is 12.5 Å². The number of nitrogens with zero attached hydrogens (tertiary/aromatic N) is 4. The van der Waals surface area contributed by atoms with E-state index in [0.29, 0.717) is 11.4 Å². The molecule has 0 aliphatic carbocycles. The van der Waals surface area contributed by atoms with Crippen LogP contribution in [0.2, 0.25) is 0 Å². The van der Waals surface area contributed by atoms with E-state index in [1.165, 1.54) is 0 Å². The molecule has 1 N–H and O–H groups in total. The monoisotopic (exact) mass is 435 g/mol. The third kappa shape index (κ3) is 3.65. The lowest BCUT2D eigenvalue weighted by Gasteiger charge is -2.07. The molecule has 0 unspecified atom stereocenters. The van der Waals surface area contributed by atoms with Gasteiger partial charge in [0.25, 0.3) is 5.91 Å². The first-order valence-corrected chi connectivity index (χ1v) is 8.29. The Balaban J connectivity index is 1.76. The lowest BCUT2D eigenvalue weighted by Crippen LogP contribution is -2.25. The number of benzene rings is 2. The molecule has 23 heavy (non-hydrogen) atoms. The van der Waals surface area contributed by atoms with Crippen LogP contribution in [0.15, 0.2) is 57.5 Å². The van der Waals surface area contributed by atoms with Crippen molar-refractivity contribution in [2.24, 2.45) is 0 Å². The fraction of sp³-hybridized carbons (Fsp3) is 0.0667. The van der Waals surface area contributed by atoms with Crippen LogP contribution in [0.25, 0.3) is 5.69 Å². The highest BCUT2D eigenvalue weighted by atomic mass is 79.9. The fourth-order valence-electron chi connectivity index (χ4n) is 2.02. The summed E-state index contributed by atoms with van der Waals surface area (Å²) in [7, 11) is 0. The lowest BCUT2D eigenvalue weighted by molar-refractivity contribution is 0.0949. The van der Waals surface area contributed by atoms with Gasteiger partial charge in [-0.25, -0.2) is 0 Å². The van der Waals surface area contributed by atoms with E-state index in [1.54, 1.807) is 10.7 Å². The molecular weight excluding hydrogens is 426 g/mol. The molecular formula is C15H11Br2N5O. The summed E-state index contributed by atoms with van der Waals surface area (Å²) in [4.78, 5) is 12.2. The van der Waals surface area contributed by atoms with Gasteiger partial charge in [-0.3, -0.25) is 4.79 Å². The van der Waals surface area contributed by atoms with E-state index in [4.69, 9.17) is 0 Å². The topological polar surface area (TPSA) is 72.7 Å². The van der Waals surface area contributed by atoms with Crippen LogP contribution < -0.4 is 5.32 Å². The normalized spacial score (nSPS) is 10.5. The number of amides is 1. The molecule has 0 saturated carbocycles. The molecule has 1 heterocycles. The molecule has 1 amide bonds. The largest absolute Gasteiger partial charge is 0.345 e. The quantitative estimate of drug-likeness (QED) is 0.681.